The molecule has 0 radical (unpaired) electrons. The lowest BCUT2D eigenvalue weighted by Crippen LogP contribution is -2.49. The van der Waals surface area contributed by atoms with Gasteiger partial charge in [0.2, 0.25) is 15.9 Å². The Kier molecular flexibility index (Phi) is 6.20. The Morgan fingerprint density at radius 3 is 2.55 bits per heavy atom. The minimum Gasteiger partial charge on any atom is -0.495 e. The number of aromatic carboxylic acids is 1. The van der Waals surface area contributed by atoms with Crippen LogP contribution >= 0.6 is 0 Å². The topological polar surface area (TPSA) is 159 Å². The van der Waals surface area contributed by atoms with E-state index in [-0.39, 0.29) is 41.5 Å². The van der Waals surface area contributed by atoms with Crippen LogP contribution in [-0.4, -0.2) is 64.9 Å². The number of carbonyl (C=O) groups excluding carboxylic acids is 1. The first-order valence-corrected chi connectivity index (χ1v) is 11.8. The fraction of sp³-hybridized carbons (Fsp3) is 0.222. The fourth-order valence-electron chi connectivity index (χ4n) is 2.92. The zero-order valence-electron chi connectivity index (χ0n) is 16.2. The van der Waals surface area contributed by atoms with E-state index in [0.717, 1.165) is 16.4 Å². The number of carboxylic acids is 1. The molecule has 0 unspecified atom stereocenters. The number of ether oxygens (including phenoxy) is 1. The highest BCUT2D eigenvalue weighted by molar-refractivity contribution is 7.92. The van der Waals surface area contributed by atoms with Crippen LogP contribution in [0.1, 0.15) is 10.4 Å². The Balaban J connectivity index is 1.94. The number of benzene rings is 2. The van der Waals surface area contributed by atoms with Crippen molar-refractivity contribution in [1.82, 2.24) is 9.62 Å². The lowest BCUT2D eigenvalue weighted by Gasteiger charge is -2.26. The van der Waals surface area contributed by atoms with Crippen molar-refractivity contribution in [2.45, 2.75) is 9.79 Å². The van der Waals surface area contributed by atoms with Gasteiger partial charge in [0.1, 0.15) is 10.6 Å². The molecule has 1 aliphatic heterocycles. The molecule has 13 heteroatoms. The smallest absolute Gasteiger partial charge is 0.335 e. The molecule has 0 bridgehead atoms. The van der Waals surface area contributed by atoms with E-state index in [2.05, 4.69) is 10.0 Å². The summed E-state index contributed by atoms with van der Waals surface area (Å²) in [5.74, 6) is -1.84. The predicted octanol–water partition coefficient (Wildman–Crippen LogP) is 0.315. The number of anilines is 1. The monoisotopic (exact) mass is 469 g/mol. The molecule has 11 nitrogen and oxygen atoms in total. The van der Waals surface area contributed by atoms with Gasteiger partial charge in [0.05, 0.1) is 29.8 Å². The number of carboxylic acid groups (broad SMARTS) is 1. The maximum atomic E-state index is 12.9. The normalized spacial score (nSPS) is 15.2. The van der Waals surface area contributed by atoms with Gasteiger partial charge in [-0.25, -0.2) is 21.6 Å². The minimum atomic E-state index is -4.32. The van der Waals surface area contributed by atoms with Gasteiger partial charge in [-0.3, -0.25) is 9.52 Å². The van der Waals surface area contributed by atoms with Gasteiger partial charge in [-0.1, -0.05) is 6.07 Å². The Morgan fingerprint density at radius 2 is 1.90 bits per heavy atom. The van der Waals surface area contributed by atoms with Crippen molar-refractivity contribution in [2.24, 2.45) is 0 Å². The largest absolute Gasteiger partial charge is 0.495 e. The lowest BCUT2D eigenvalue weighted by molar-refractivity contribution is -0.122. The third-order valence-corrected chi connectivity index (χ3v) is 7.67. The van der Waals surface area contributed by atoms with Crippen LogP contribution in [0.4, 0.5) is 5.69 Å². The molecular formula is C18H19N3O8S2. The number of piperazine rings is 1. The summed E-state index contributed by atoms with van der Waals surface area (Å²) in [5.41, 5.74) is -0.328. The third-order valence-electron chi connectivity index (χ3n) is 4.43. The highest BCUT2D eigenvalue weighted by Gasteiger charge is 2.30. The van der Waals surface area contributed by atoms with Crippen LogP contribution in [0.15, 0.2) is 52.3 Å². The molecule has 2 aromatic rings. The van der Waals surface area contributed by atoms with Gasteiger partial charge in [-0.05, 0) is 36.4 Å². The van der Waals surface area contributed by atoms with Crippen molar-refractivity contribution in [1.29, 1.82) is 0 Å². The maximum absolute atomic E-state index is 12.9. The molecule has 1 amide bonds. The number of rotatable bonds is 7. The van der Waals surface area contributed by atoms with E-state index >= 15 is 0 Å². The number of nitrogens with zero attached hydrogens (tertiary/aromatic N) is 1. The molecular weight excluding hydrogens is 450 g/mol. The molecule has 31 heavy (non-hydrogen) atoms. The van der Waals surface area contributed by atoms with Gasteiger partial charge in [0.25, 0.3) is 10.0 Å². The van der Waals surface area contributed by atoms with Gasteiger partial charge in [-0.2, -0.15) is 4.31 Å². The number of hydrogen-bond acceptors (Lipinski definition) is 7. The standard InChI is InChI=1S/C18H19N3O8S2/c1-29-15-6-5-12(18(23)24)9-16(15)30(25,26)20-13-3-2-4-14(10-13)31(27,28)21-8-7-19-17(22)11-21/h2-6,9-10,20H,7-8,11H2,1H3,(H,19,22)(H,23,24). The van der Waals surface area contributed by atoms with Crippen LogP contribution in [0.25, 0.3) is 0 Å². The second kappa shape index (κ2) is 8.53. The SMILES string of the molecule is COc1ccc(C(=O)O)cc1S(=O)(=O)Nc1cccc(S(=O)(=O)N2CCNC(=O)C2)c1. The molecule has 2 aromatic carbocycles. The Bertz CT molecular complexity index is 1240. The van der Waals surface area contributed by atoms with Crippen LogP contribution in [0.5, 0.6) is 5.75 Å². The summed E-state index contributed by atoms with van der Waals surface area (Å²) in [5, 5.41) is 11.7. The summed E-state index contributed by atoms with van der Waals surface area (Å²) in [4.78, 5) is 22.1. The molecule has 0 spiro atoms. The molecule has 1 heterocycles. The van der Waals surface area contributed by atoms with Gasteiger partial charge < -0.3 is 15.2 Å². The Labute approximate surface area is 178 Å². The first-order chi connectivity index (χ1) is 14.5. The molecule has 0 saturated carbocycles. The minimum absolute atomic E-state index is 0.0645. The molecule has 1 aliphatic rings. The quantitative estimate of drug-likeness (QED) is 0.523. The average Bonchev–Trinajstić information content (AvgIpc) is 2.73. The van der Waals surface area contributed by atoms with E-state index in [1.54, 1.807) is 0 Å². The van der Waals surface area contributed by atoms with E-state index in [1.807, 2.05) is 0 Å². The summed E-state index contributed by atoms with van der Waals surface area (Å²) in [6.07, 6.45) is 0. The van der Waals surface area contributed by atoms with E-state index < -0.39 is 36.8 Å². The highest BCUT2D eigenvalue weighted by atomic mass is 32.2. The maximum Gasteiger partial charge on any atom is 0.335 e. The predicted molar refractivity (Wildman–Crippen MR) is 109 cm³/mol. The summed E-state index contributed by atoms with van der Waals surface area (Å²) in [7, 11) is -7.12. The van der Waals surface area contributed by atoms with E-state index in [4.69, 9.17) is 9.84 Å². The second-order valence-electron chi connectivity index (χ2n) is 6.49. The second-order valence-corrected chi connectivity index (χ2v) is 10.1. The Morgan fingerprint density at radius 1 is 1.16 bits per heavy atom. The van der Waals surface area contributed by atoms with Crippen molar-refractivity contribution in [2.75, 3.05) is 31.5 Å². The van der Waals surface area contributed by atoms with Crippen LogP contribution in [0, 0.1) is 0 Å². The molecule has 1 fully saturated rings. The summed E-state index contributed by atoms with van der Waals surface area (Å²) in [6.45, 7) is -0.0786. The molecule has 0 aromatic heterocycles. The Hall–Kier alpha value is -3.16. The molecule has 0 atom stereocenters. The van der Waals surface area contributed by atoms with Crippen LogP contribution in [-0.2, 0) is 24.8 Å². The van der Waals surface area contributed by atoms with E-state index in [0.29, 0.717) is 0 Å². The highest BCUT2D eigenvalue weighted by Crippen LogP contribution is 2.28. The molecule has 3 N–H and O–H groups in total. The van der Waals surface area contributed by atoms with Gasteiger partial charge >= 0.3 is 5.97 Å². The zero-order chi connectivity index (χ0) is 22.8. The van der Waals surface area contributed by atoms with Gasteiger partial charge in [0, 0.05) is 13.1 Å². The van der Waals surface area contributed by atoms with Crippen LogP contribution in [0.2, 0.25) is 0 Å². The molecule has 166 valence electrons. The summed E-state index contributed by atoms with van der Waals surface area (Å²) >= 11 is 0. The molecule has 1 saturated heterocycles. The number of amides is 1. The van der Waals surface area contributed by atoms with Crippen molar-refractivity contribution in [3.63, 3.8) is 0 Å². The number of sulfonamides is 2. The van der Waals surface area contributed by atoms with Gasteiger partial charge in [0.15, 0.2) is 0 Å². The number of carbonyl (C=O) groups is 2. The number of methoxy groups -OCH3 is 1. The summed E-state index contributed by atoms with van der Waals surface area (Å²) < 4.78 is 59.6. The first-order valence-electron chi connectivity index (χ1n) is 8.85. The van der Waals surface area contributed by atoms with Crippen molar-refractivity contribution >= 4 is 37.6 Å². The lowest BCUT2D eigenvalue weighted by atomic mass is 10.2. The van der Waals surface area contributed by atoms with E-state index in [9.17, 15) is 26.4 Å². The third kappa shape index (κ3) is 4.78. The first kappa shape index (κ1) is 22.5. The van der Waals surface area contributed by atoms with Crippen molar-refractivity contribution in [3.8, 4) is 5.75 Å². The molecule has 0 aliphatic carbocycles. The number of nitrogens with one attached hydrogen (secondary N) is 2. The molecule has 3 rings (SSSR count). The van der Waals surface area contributed by atoms with Crippen LogP contribution in [0.3, 0.4) is 0 Å². The zero-order valence-corrected chi connectivity index (χ0v) is 17.9. The van der Waals surface area contributed by atoms with Gasteiger partial charge in [-0.15, -0.1) is 0 Å². The average molecular weight is 469 g/mol. The van der Waals surface area contributed by atoms with Crippen molar-refractivity contribution in [3.05, 3.63) is 48.0 Å². The summed E-state index contributed by atoms with van der Waals surface area (Å²) in [6, 6.07) is 8.43. The van der Waals surface area contributed by atoms with E-state index in [1.165, 1.54) is 37.4 Å². The van der Waals surface area contributed by atoms with Crippen molar-refractivity contribution < 1.29 is 36.3 Å². The number of hydrogen-bond donors (Lipinski definition) is 3. The van der Waals surface area contributed by atoms with Crippen LogP contribution < -0.4 is 14.8 Å². The fourth-order valence-corrected chi connectivity index (χ4v) is 5.61.